The molecule has 114 valence electrons. The van der Waals surface area contributed by atoms with Crippen molar-refractivity contribution >= 4 is 17.3 Å². The number of hydrogen-bond acceptors (Lipinski definition) is 5. The Balaban J connectivity index is 1.57. The molecule has 3 aliphatic carbocycles. The van der Waals surface area contributed by atoms with Crippen molar-refractivity contribution in [2.24, 2.45) is 17.3 Å². The number of ether oxygens (including phenoxy) is 2. The summed E-state index contributed by atoms with van der Waals surface area (Å²) in [5, 5.41) is 2.53. The number of methoxy groups -OCH3 is 1. The third-order valence-electron chi connectivity index (χ3n) is 4.98. The molecule has 0 amide bonds. The second-order valence-corrected chi connectivity index (χ2v) is 7.40. The van der Waals surface area contributed by atoms with E-state index >= 15 is 0 Å². The summed E-state index contributed by atoms with van der Waals surface area (Å²) < 4.78 is 10.4. The Morgan fingerprint density at radius 2 is 2.29 bits per heavy atom. The number of rotatable bonds is 5. The highest BCUT2D eigenvalue weighted by Gasteiger charge is 2.51. The summed E-state index contributed by atoms with van der Waals surface area (Å²) in [6.45, 7) is 5.47. The maximum Gasteiger partial charge on any atom is 0.358 e. The number of allylic oxidation sites excluding steroid dienone is 1. The minimum atomic E-state index is -0.339. The monoisotopic (exact) mass is 307 g/mol. The van der Waals surface area contributed by atoms with Crippen LogP contribution in [-0.4, -0.2) is 24.7 Å². The first-order chi connectivity index (χ1) is 10.0. The average molecular weight is 307 g/mol. The zero-order chi connectivity index (χ0) is 15.0. The quantitative estimate of drug-likeness (QED) is 0.617. The van der Waals surface area contributed by atoms with Crippen LogP contribution in [0, 0.1) is 17.3 Å². The van der Waals surface area contributed by atoms with Crippen LogP contribution in [0.1, 0.15) is 42.2 Å². The molecule has 1 saturated carbocycles. The molecule has 2 atom stereocenters. The summed E-state index contributed by atoms with van der Waals surface area (Å²) >= 11 is 1.42. The van der Waals surface area contributed by atoms with Gasteiger partial charge in [0.25, 0.3) is 0 Å². The second-order valence-electron chi connectivity index (χ2n) is 6.46. The number of fused-ring (bicyclic) bond motifs is 1. The van der Waals surface area contributed by atoms with Crippen molar-refractivity contribution in [2.75, 3.05) is 13.7 Å². The number of esters is 1. The van der Waals surface area contributed by atoms with Crippen LogP contribution in [0.25, 0.3) is 0 Å². The first-order valence-corrected chi connectivity index (χ1v) is 8.19. The van der Waals surface area contributed by atoms with E-state index in [1.807, 2.05) is 0 Å². The van der Waals surface area contributed by atoms with Gasteiger partial charge in [0.05, 0.1) is 6.61 Å². The molecule has 0 radical (unpaired) electrons. The van der Waals surface area contributed by atoms with Gasteiger partial charge in [0, 0.05) is 12.5 Å². The molecule has 0 spiro atoms. The molecule has 4 rings (SSSR count). The number of hydrogen-bond donors (Lipinski definition) is 0. The molecule has 0 aromatic carbocycles. The highest BCUT2D eigenvalue weighted by molar-refractivity contribution is 7.09. The zero-order valence-electron chi connectivity index (χ0n) is 12.7. The largest absolute Gasteiger partial charge is 0.456 e. The van der Waals surface area contributed by atoms with Crippen LogP contribution in [0.2, 0.25) is 0 Å². The van der Waals surface area contributed by atoms with Crippen LogP contribution in [-0.2, 0) is 16.1 Å². The fraction of sp³-hybridized carbons (Fsp3) is 0.625. The van der Waals surface area contributed by atoms with Gasteiger partial charge >= 0.3 is 5.97 Å². The number of aromatic nitrogens is 1. The predicted molar refractivity (Wildman–Crippen MR) is 81.2 cm³/mol. The van der Waals surface area contributed by atoms with Crippen LogP contribution >= 0.6 is 11.3 Å². The SMILES string of the molecule is COCc1nc(C(=O)OCC2=CC[C@H]3C[C@@H]2C3(C)C)cs1. The first-order valence-electron chi connectivity index (χ1n) is 7.31. The van der Waals surface area contributed by atoms with Crippen LogP contribution in [0.5, 0.6) is 0 Å². The van der Waals surface area contributed by atoms with E-state index in [2.05, 4.69) is 24.9 Å². The topological polar surface area (TPSA) is 48.4 Å². The minimum Gasteiger partial charge on any atom is -0.456 e. The van der Waals surface area contributed by atoms with E-state index in [9.17, 15) is 4.79 Å². The Morgan fingerprint density at radius 1 is 1.48 bits per heavy atom. The molecule has 5 heteroatoms. The minimum absolute atomic E-state index is 0.339. The summed E-state index contributed by atoms with van der Waals surface area (Å²) in [5.41, 5.74) is 2.03. The van der Waals surface area contributed by atoms with Gasteiger partial charge in [0.2, 0.25) is 0 Å². The molecular weight excluding hydrogens is 286 g/mol. The van der Waals surface area contributed by atoms with Crippen LogP contribution < -0.4 is 0 Å². The lowest BCUT2D eigenvalue weighted by atomic mass is 9.49. The normalized spacial score (nSPS) is 26.0. The first kappa shape index (κ1) is 14.7. The zero-order valence-corrected chi connectivity index (χ0v) is 13.5. The fourth-order valence-electron chi connectivity index (χ4n) is 3.46. The van der Waals surface area contributed by atoms with Crippen molar-refractivity contribution < 1.29 is 14.3 Å². The Hall–Kier alpha value is -1.20. The Bertz CT molecular complexity index is 576. The lowest BCUT2D eigenvalue weighted by molar-refractivity contribution is -0.0155. The van der Waals surface area contributed by atoms with Crippen LogP contribution in [0.15, 0.2) is 17.0 Å². The van der Waals surface area contributed by atoms with E-state index in [1.54, 1.807) is 12.5 Å². The summed E-state index contributed by atoms with van der Waals surface area (Å²) in [6.07, 6.45) is 4.62. The van der Waals surface area contributed by atoms with E-state index in [1.165, 1.54) is 23.3 Å². The van der Waals surface area contributed by atoms with Crippen molar-refractivity contribution in [1.29, 1.82) is 0 Å². The van der Waals surface area contributed by atoms with E-state index in [-0.39, 0.29) is 5.97 Å². The van der Waals surface area contributed by atoms with Crippen molar-refractivity contribution in [2.45, 2.75) is 33.3 Å². The van der Waals surface area contributed by atoms with Crippen LogP contribution in [0.3, 0.4) is 0 Å². The molecule has 0 N–H and O–H groups in total. The van der Waals surface area contributed by atoms with E-state index in [0.29, 0.717) is 30.2 Å². The summed E-state index contributed by atoms with van der Waals surface area (Å²) in [7, 11) is 1.61. The Kier molecular flexibility index (Phi) is 3.88. The number of nitrogens with zero attached hydrogens (tertiary/aromatic N) is 1. The number of carbonyl (C=O) groups is 1. The molecule has 1 heterocycles. The molecule has 1 aromatic heterocycles. The molecule has 2 bridgehead atoms. The number of carbonyl (C=O) groups excluding carboxylic acids is 1. The summed E-state index contributed by atoms with van der Waals surface area (Å²) in [5.74, 6) is 1.04. The third-order valence-corrected chi connectivity index (χ3v) is 5.80. The van der Waals surface area contributed by atoms with Crippen molar-refractivity contribution in [1.82, 2.24) is 4.98 Å². The van der Waals surface area contributed by atoms with Crippen LogP contribution in [0.4, 0.5) is 0 Å². The molecular formula is C16H21NO3S. The molecule has 0 saturated heterocycles. The molecule has 1 fully saturated rings. The second kappa shape index (κ2) is 5.54. The maximum atomic E-state index is 12.0. The summed E-state index contributed by atoms with van der Waals surface area (Å²) in [6, 6.07) is 0. The summed E-state index contributed by atoms with van der Waals surface area (Å²) in [4.78, 5) is 16.3. The molecule has 21 heavy (non-hydrogen) atoms. The Labute approximate surface area is 129 Å². The lowest BCUT2D eigenvalue weighted by Gasteiger charge is -2.56. The average Bonchev–Trinajstić information content (AvgIpc) is 2.94. The number of thiazole rings is 1. The van der Waals surface area contributed by atoms with Gasteiger partial charge in [-0.3, -0.25) is 0 Å². The van der Waals surface area contributed by atoms with Crippen molar-refractivity contribution in [3.8, 4) is 0 Å². The van der Waals surface area contributed by atoms with Gasteiger partial charge in [-0.25, -0.2) is 9.78 Å². The molecule has 4 nitrogen and oxygen atoms in total. The van der Waals surface area contributed by atoms with Gasteiger partial charge in [-0.05, 0) is 35.7 Å². The molecule has 0 aliphatic heterocycles. The highest BCUT2D eigenvalue weighted by Crippen LogP contribution is 2.59. The van der Waals surface area contributed by atoms with E-state index in [4.69, 9.17) is 9.47 Å². The van der Waals surface area contributed by atoms with E-state index in [0.717, 1.165) is 17.3 Å². The van der Waals surface area contributed by atoms with Crippen molar-refractivity contribution in [3.05, 3.63) is 27.7 Å². The van der Waals surface area contributed by atoms with Gasteiger partial charge in [0.15, 0.2) is 5.69 Å². The van der Waals surface area contributed by atoms with Gasteiger partial charge in [-0.1, -0.05) is 19.9 Å². The van der Waals surface area contributed by atoms with Gasteiger partial charge in [-0.2, -0.15) is 0 Å². The van der Waals surface area contributed by atoms with Gasteiger partial charge in [-0.15, -0.1) is 11.3 Å². The molecule has 3 aliphatic rings. The standard InChI is InChI=1S/C16H21NO3S/c1-16(2)11-5-4-10(12(16)6-11)7-20-15(18)13-9-21-14(17-13)8-19-3/h4,9,11-12H,5-8H2,1-3H3/t11-,12-/m0/s1. The smallest absolute Gasteiger partial charge is 0.358 e. The molecule has 1 aromatic rings. The van der Waals surface area contributed by atoms with Crippen molar-refractivity contribution in [3.63, 3.8) is 0 Å². The fourth-order valence-corrected chi connectivity index (χ4v) is 4.19. The lowest BCUT2D eigenvalue weighted by Crippen LogP contribution is -2.48. The predicted octanol–water partition coefficient (Wildman–Crippen LogP) is 3.44. The third kappa shape index (κ3) is 2.64. The van der Waals surface area contributed by atoms with Gasteiger partial charge in [0.1, 0.15) is 11.6 Å². The molecule has 0 unspecified atom stereocenters. The van der Waals surface area contributed by atoms with Gasteiger partial charge < -0.3 is 9.47 Å². The van der Waals surface area contributed by atoms with E-state index < -0.39 is 0 Å². The Morgan fingerprint density at radius 3 is 2.95 bits per heavy atom. The maximum absolute atomic E-state index is 12.0. The highest BCUT2D eigenvalue weighted by atomic mass is 32.1.